The zero-order chi connectivity index (χ0) is 23.5. The minimum absolute atomic E-state index is 0.0208. The summed E-state index contributed by atoms with van der Waals surface area (Å²) in [5.41, 5.74) is 2.56. The van der Waals surface area contributed by atoms with Gasteiger partial charge < -0.3 is 18.9 Å². The summed E-state index contributed by atoms with van der Waals surface area (Å²) in [7, 11) is 4.62. The third kappa shape index (κ3) is 4.63. The van der Waals surface area contributed by atoms with Crippen molar-refractivity contribution in [1.82, 2.24) is 4.98 Å². The molecule has 1 aliphatic heterocycles. The van der Waals surface area contributed by atoms with E-state index in [-0.39, 0.29) is 12.0 Å². The number of hydrogen-bond donors (Lipinski definition) is 0. The number of carbonyl (C=O) groups excluding carboxylic acids is 1. The molecule has 1 aromatic heterocycles. The van der Waals surface area contributed by atoms with Gasteiger partial charge in [-0.15, -0.1) is 0 Å². The van der Waals surface area contributed by atoms with Gasteiger partial charge in [0.2, 0.25) is 5.75 Å². The summed E-state index contributed by atoms with van der Waals surface area (Å²) in [5, 5.41) is 0.660. The van der Waals surface area contributed by atoms with Crippen LogP contribution in [0.25, 0.3) is 10.2 Å². The van der Waals surface area contributed by atoms with Crippen LogP contribution in [0.15, 0.2) is 30.3 Å². The molecule has 2 aromatic carbocycles. The van der Waals surface area contributed by atoms with Gasteiger partial charge in [-0.2, -0.15) is 0 Å². The largest absolute Gasteiger partial charge is 0.493 e. The number of amides is 1. The second-order valence-corrected chi connectivity index (χ2v) is 9.32. The number of thiazole rings is 1. The standard InChI is InChI=1S/C25H30N2O5S/c1-15(2)18-9-6-10-21-22(18)26-25(33-21)27(14-17-8-7-11-32-17)24(28)16-12-19(29-3)23(31-5)20(13-16)30-4/h6,9-10,12-13,15,17H,7-8,11,14H2,1-5H3. The first-order chi connectivity index (χ1) is 16.0. The van der Waals surface area contributed by atoms with Crippen molar-refractivity contribution >= 4 is 32.6 Å². The van der Waals surface area contributed by atoms with Crippen molar-refractivity contribution in [3.8, 4) is 17.2 Å². The molecular formula is C25H30N2O5S. The Kier molecular flexibility index (Phi) is 7.05. The molecule has 0 spiro atoms. The van der Waals surface area contributed by atoms with E-state index < -0.39 is 0 Å². The molecule has 1 unspecified atom stereocenters. The predicted molar refractivity (Wildman–Crippen MR) is 130 cm³/mol. The quantitative estimate of drug-likeness (QED) is 0.447. The highest BCUT2D eigenvalue weighted by Gasteiger charge is 2.29. The molecule has 1 aliphatic rings. The molecule has 1 fully saturated rings. The normalized spacial score (nSPS) is 15.8. The number of fused-ring (bicyclic) bond motifs is 1. The van der Waals surface area contributed by atoms with Gasteiger partial charge in [0.1, 0.15) is 0 Å². The second-order valence-electron chi connectivity index (χ2n) is 8.31. The maximum absolute atomic E-state index is 13.8. The van der Waals surface area contributed by atoms with Crippen LogP contribution >= 0.6 is 11.3 Å². The minimum Gasteiger partial charge on any atom is -0.493 e. The fourth-order valence-electron chi connectivity index (χ4n) is 4.14. The first kappa shape index (κ1) is 23.3. The van der Waals surface area contributed by atoms with E-state index in [0.29, 0.717) is 47.0 Å². The number of aromatic nitrogens is 1. The summed E-state index contributed by atoms with van der Waals surface area (Å²) in [5.74, 6) is 1.46. The molecular weight excluding hydrogens is 440 g/mol. The number of anilines is 1. The summed E-state index contributed by atoms with van der Waals surface area (Å²) >= 11 is 1.52. The number of para-hydroxylation sites is 1. The van der Waals surface area contributed by atoms with Crippen molar-refractivity contribution in [2.45, 2.75) is 38.7 Å². The van der Waals surface area contributed by atoms with Gasteiger partial charge in [-0.05, 0) is 42.5 Å². The van der Waals surface area contributed by atoms with Crippen molar-refractivity contribution in [3.05, 3.63) is 41.5 Å². The number of ether oxygens (including phenoxy) is 4. The molecule has 0 saturated carbocycles. The van der Waals surface area contributed by atoms with Crippen LogP contribution in [0, 0.1) is 0 Å². The Labute approximate surface area is 198 Å². The summed E-state index contributed by atoms with van der Waals surface area (Å²) in [4.78, 5) is 20.5. The average molecular weight is 471 g/mol. The van der Waals surface area contributed by atoms with E-state index in [1.807, 2.05) is 6.07 Å². The summed E-state index contributed by atoms with van der Waals surface area (Å²) in [6.45, 7) is 5.46. The summed E-state index contributed by atoms with van der Waals surface area (Å²) in [6, 6.07) is 9.56. The van der Waals surface area contributed by atoms with Crippen LogP contribution in [-0.4, -0.2) is 51.5 Å². The van der Waals surface area contributed by atoms with Gasteiger partial charge in [-0.25, -0.2) is 4.98 Å². The predicted octanol–water partition coefficient (Wildman–Crippen LogP) is 5.27. The van der Waals surface area contributed by atoms with Gasteiger partial charge in [-0.3, -0.25) is 9.69 Å². The highest BCUT2D eigenvalue weighted by Crippen LogP contribution is 2.40. The number of nitrogens with zero attached hydrogens (tertiary/aromatic N) is 2. The van der Waals surface area contributed by atoms with Crippen LogP contribution in [0.1, 0.15) is 48.5 Å². The molecule has 4 rings (SSSR count). The molecule has 1 atom stereocenters. The highest BCUT2D eigenvalue weighted by atomic mass is 32.1. The molecule has 0 bridgehead atoms. The lowest BCUT2D eigenvalue weighted by atomic mass is 10.0. The summed E-state index contributed by atoms with van der Waals surface area (Å²) < 4.78 is 23.3. The van der Waals surface area contributed by atoms with E-state index in [2.05, 4.69) is 26.0 Å². The molecule has 1 saturated heterocycles. The fourth-order valence-corrected chi connectivity index (χ4v) is 5.15. The molecule has 2 heterocycles. The Bertz CT molecular complexity index is 1110. The Morgan fingerprint density at radius 3 is 2.48 bits per heavy atom. The van der Waals surface area contributed by atoms with Gasteiger partial charge in [0.15, 0.2) is 16.6 Å². The minimum atomic E-state index is -0.185. The first-order valence-corrected chi connectivity index (χ1v) is 11.9. The van der Waals surface area contributed by atoms with E-state index in [9.17, 15) is 4.79 Å². The Balaban J connectivity index is 1.79. The van der Waals surface area contributed by atoms with E-state index in [1.165, 1.54) is 31.1 Å². The highest BCUT2D eigenvalue weighted by molar-refractivity contribution is 7.22. The van der Waals surface area contributed by atoms with Gasteiger partial charge >= 0.3 is 0 Å². The number of benzene rings is 2. The SMILES string of the molecule is COc1cc(C(=O)N(CC2CCCO2)c2nc3c(C(C)C)cccc3s2)cc(OC)c1OC. The van der Waals surface area contributed by atoms with E-state index in [4.69, 9.17) is 23.9 Å². The molecule has 0 radical (unpaired) electrons. The van der Waals surface area contributed by atoms with Crippen LogP contribution in [0.5, 0.6) is 17.2 Å². The smallest absolute Gasteiger partial charge is 0.260 e. The molecule has 33 heavy (non-hydrogen) atoms. The van der Waals surface area contributed by atoms with Crippen LogP contribution in [0.2, 0.25) is 0 Å². The zero-order valence-electron chi connectivity index (χ0n) is 19.7. The average Bonchev–Trinajstić information content (AvgIpc) is 3.50. The Hall–Kier alpha value is -2.84. The van der Waals surface area contributed by atoms with Crippen molar-refractivity contribution < 1.29 is 23.7 Å². The number of hydrogen-bond acceptors (Lipinski definition) is 7. The van der Waals surface area contributed by atoms with Crippen LogP contribution < -0.4 is 19.1 Å². The Morgan fingerprint density at radius 1 is 1.18 bits per heavy atom. The van der Waals surface area contributed by atoms with Crippen LogP contribution in [0.3, 0.4) is 0 Å². The molecule has 7 nitrogen and oxygen atoms in total. The van der Waals surface area contributed by atoms with Crippen molar-refractivity contribution in [2.24, 2.45) is 0 Å². The Morgan fingerprint density at radius 2 is 1.91 bits per heavy atom. The lowest BCUT2D eigenvalue weighted by molar-refractivity contribution is 0.0917. The van der Waals surface area contributed by atoms with Crippen molar-refractivity contribution in [1.29, 1.82) is 0 Å². The number of methoxy groups -OCH3 is 3. The lowest BCUT2D eigenvalue weighted by Crippen LogP contribution is -2.37. The van der Waals surface area contributed by atoms with Gasteiger partial charge in [0.25, 0.3) is 5.91 Å². The molecule has 176 valence electrons. The van der Waals surface area contributed by atoms with E-state index in [1.54, 1.807) is 24.1 Å². The lowest BCUT2D eigenvalue weighted by Gasteiger charge is -2.24. The van der Waals surface area contributed by atoms with E-state index in [0.717, 1.165) is 23.1 Å². The monoisotopic (exact) mass is 470 g/mol. The van der Waals surface area contributed by atoms with Gasteiger partial charge in [0.05, 0.1) is 44.2 Å². The van der Waals surface area contributed by atoms with Crippen LogP contribution in [0.4, 0.5) is 5.13 Å². The van der Waals surface area contributed by atoms with Gasteiger partial charge in [0, 0.05) is 12.2 Å². The first-order valence-electron chi connectivity index (χ1n) is 11.1. The maximum atomic E-state index is 13.8. The third-order valence-electron chi connectivity index (χ3n) is 5.86. The van der Waals surface area contributed by atoms with Crippen LogP contribution in [-0.2, 0) is 4.74 Å². The third-order valence-corrected chi connectivity index (χ3v) is 6.90. The molecule has 0 N–H and O–H groups in total. The number of carbonyl (C=O) groups is 1. The van der Waals surface area contributed by atoms with E-state index >= 15 is 0 Å². The maximum Gasteiger partial charge on any atom is 0.260 e. The second kappa shape index (κ2) is 9.97. The molecule has 1 amide bonds. The van der Waals surface area contributed by atoms with Gasteiger partial charge in [-0.1, -0.05) is 37.3 Å². The number of rotatable bonds is 8. The molecule has 0 aliphatic carbocycles. The topological polar surface area (TPSA) is 70.1 Å². The molecule has 3 aromatic rings. The summed E-state index contributed by atoms with van der Waals surface area (Å²) in [6.07, 6.45) is 1.89. The molecule has 8 heteroatoms. The zero-order valence-corrected chi connectivity index (χ0v) is 20.5. The van der Waals surface area contributed by atoms with Crippen molar-refractivity contribution in [3.63, 3.8) is 0 Å². The fraction of sp³-hybridized carbons (Fsp3) is 0.440. The van der Waals surface area contributed by atoms with Crippen molar-refractivity contribution in [2.75, 3.05) is 39.4 Å².